The van der Waals surface area contributed by atoms with Gasteiger partial charge in [-0.1, -0.05) is 29.8 Å². The molecular formula is C13H17N3. The first-order chi connectivity index (χ1) is 7.70. The molecule has 0 unspecified atom stereocenters. The second-order valence-electron chi connectivity index (χ2n) is 4.08. The van der Waals surface area contributed by atoms with Crippen LogP contribution < -0.4 is 5.73 Å². The Morgan fingerprint density at radius 1 is 1.25 bits per heavy atom. The van der Waals surface area contributed by atoms with Gasteiger partial charge in [0, 0.05) is 18.8 Å². The molecule has 0 fully saturated rings. The van der Waals surface area contributed by atoms with Crippen molar-refractivity contribution >= 4 is 0 Å². The topological polar surface area (TPSA) is 43.8 Å². The predicted molar refractivity (Wildman–Crippen MR) is 66.1 cm³/mol. The van der Waals surface area contributed by atoms with Crippen LogP contribution in [0.25, 0.3) is 11.3 Å². The first kappa shape index (κ1) is 10.9. The van der Waals surface area contributed by atoms with Crippen molar-refractivity contribution in [2.24, 2.45) is 12.8 Å². The van der Waals surface area contributed by atoms with E-state index in [-0.39, 0.29) is 0 Å². The second kappa shape index (κ2) is 4.49. The Balaban J connectivity index is 2.42. The molecule has 84 valence electrons. The standard InChI is InChI=1S/C13H17N3/c1-10-3-5-11(6-4-10)13-12(7-8-14)9-16(2)15-13/h3-6,9H,7-8,14H2,1-2H3. The predicted octanol–water partition coefficient (Wildman–Crippen LogP) is 1.90. The lowest BCUT2D eigenvalue weighted by atomic mass is 10.0. The third kappa shape index (κ3) is 2.14. The van der Waals surface area contributed by atoms with Crippen LogP contribution in [0.5, 0.6) is 0 Å². The van der Waals surface area contributed by atoms with Gasteiger partial charge in [-0.25, -0.2) is 0 Å². The molecule has 2 rings (SSSR count). The van der Waals surface area contributed by atoms with Crippen LogP contribution in [0, 0.1) is 6.92 Å². The van der Waals surface area contributed by atoms with Crippen molar-refractivity contribution < 1.29 is 0 Å². The summed E-state index contributed by atoms with van der Waals surface area (Å²) in [5.41, 5.74) is 10.3. The SMILES string of the molecule is Cc1ccc(-c2nn(C)cc2CCN)cc1. The summed E-state index contributed by atoms with van der Waals surface area (Å²) in [4.78, 5) is 0. The van der Waals surface area contributed by atoms with Crippen LogP contribution in [0.2, 0.25) is 0 Å². The molecule has 0 saturated carbocycles. The monoisotopic (exact) mass is 215 g/mol. The lowest BCUT2D eigenvalue weighted by Crippen LogP contribution is -2.02. The fourth-order valence-electron chi connectivity index (χ4n) is 1.83. The molecule has 0 aliphatic carbocycles. The lowest BCUT2D eigenvalue weighted by Gasteiger charge is -2.01. The van der Waals surface area contributed by atoms with Crippen LogP contribution in [0.3, 0.4) is 0 Å². The van der Waals surface area contributed by atoms with Crippen molar-refractivity contribution in [3.05, 3.63) is 41.6 Å². The van der Waals surface area contributed by atoms with Crippen LogP contribution in [0.15, 0.2) is 30.5 Å². The normalized spacial score (nSPS) is 10.7. The minimum absolute atomic E-state index is 0.657. The largest absolute Gasteiger partial charge is 0.330 e. The first-order valence-electron chi connectivity index (χ1n) is 5.50. The molecule has 0 spiro atoms. The Bertz CT molecular complexity index is 468. The van der Waals surface area contributed by atoms with Gasteiger partial charge in [0.15, 0.2) is 0 Å². The summed E-state index contributed by atoms with van der Waals surface area (Å²) >= 11 is 0. The summed E-state index contributed by atoms with van der Waals surface area (Å²) < 4.78 is 1.85. The van der Waals surface area contributed by atoms with Gasteiger partial charge in [-0.15, -0.1) is 0 Å². The zero-order valence-corrected chi connectivity index (χ0v) is 9.77. The van der Waals surface area contributed by atoms with E-state index < -0.39 is 0 Å². The molecule has 1 heterocycles. The van der Waals surface area contributed by atoms with E-state index in [1.165, 1.54) is 11.1 Å². The molecule has 1 aromatic carbocycles. The van der Waals surface area contributed by atoms with Crippen LogP contribution in [-0.2, 0) is 13.5 Å². The summed E-state index contributed by atoms with van der Waals surface area (Å²) in [6.07, 6.45) is 2.92. The number of aryl methyl sites for hydroxylation is 2. The van der Waals surface area contributed by atoms with Gasteiger partial charge in [-0.05, 0) is 25.5 Å². The van der Waals surface area contributed by atoms with Gasteiger partial charge in [0.25, 0.3) is 0 Å². The molecule has 0 bridgehead atoms. The zero-order valence-electron chi connectivity index (χ0n) is 9.77. The Hall–Kier alpha value is -1.61. The van der Waals surface area contributed by atoms with Crippen molar-refractivity contribution in [1.29, 1.82) is 0 Å². The van der Waals surface area contributed by atoms with Crippen molar-refractivity contribution in [3.8, 4) is 11.3 Å². The average molecular weight is 215 g/mol. The molecule has 3 heteroatoms. The highest BCUT2D eigenvalue weighted by Gasteiger charge is 2.08. The Labute approximate surface area is 95.9 Å². The number of rotatable bonds is 3. The van der Waals surface area contributed by atoms with E-state index in [1.54, 1.807) is 0 Å². The van der Waals surface area contributed by atoms with Crippen molar-refractivity contribution in [1.82, 2.24) is 9.78 Å². The number of hydrogen-bond acceptors (Lipinski definition) is 2. The highest BCUT2D eigenvalue weighted by Crippen LogP contribution is 2.22. The molecule has 2 N–H and O–H groups in total. The third-order valence-electron chi connectivity index (χ3n) is 2.64. The number of nitrogens with two attached hydrogens (primary N) is 1. The third-order valence-corrected chi connectivity index (χ3v) is 2.64. The van der Waals surface area contributed by atoms with Gasteiger partial charge in [-0.2, -0.15) is 5.10 Å². The van der Waals surface area contributed by atoms with Gasteiger partial charge >= 0.3 is 0 Å². The molecule has 0 aliphatic rings. The smallest absolute Gasteiger partial charge is 0.0955 e. The summed E-state index contributed by atoms with van der Waals surface area (Å²) in [6, 6.07) is 8.43. The molecule has 16 heavy (non-hydrogen) atoms. The summed E-state index contributed by atoms with van der Waals surface area (Å²) in [5, 5.41) is 4.49. The molecule has 0 saturated heterocycles. The van der Waals surface area contributed by atoms with E-state index in [1.807, 2.05) is 17.9 Å². The van der Waals surface area contributed by atoms with Crippen LogP contribution in [0.4, 0.5) is 0 Å². The van der Waals surface area contributed by atoms with E-state index in [0.717, 1.165) is 17.7 Å². The molecular weight excluding hydrogens is 198 g/mol. The van der Waals surface area contributed by atoms with E-state index in [4.69, 9.17) is 5.73 Å². The Morgan fingerprint density at radius 3 is 2.56 bits per heavy atom. The molecule has 0 aliphatic heterocycles. The zero-order chi connectivity index (χ0) is 11.5. The van der Waals surface area contributed by atoms with E-state index in [0.29, 0.717) is 6.54 Å². The minimum Gasteiger partial charge on any atom is -0.330 e. The quantitative estimate of drug-likeness (QED) is 0.849. The number of aromatic nitrogens is 2. The van der Waals surface area contributed by atoms with E-state index in [2.05, 4.69) is 36.3 Å². The van der Waals surface area contributed by atoms with Gasteiger partial charge in [0.1, 0.15) is 0 Å². The van der Waals surface area contributed by atoms with Crippen molar-refractivity contribution in [2.75, 3.05) is 6.54 Å². The lowest BCUT2D eigenvalue weighted by molar-refractivity contribution is 0.769. The van der Waals surface area contributed by atoms with Crippen molar-refractivity contribution in [2.45, 2.75) is 13.3 Å². The van der Waals surface area contributed by atoms with Gasteiger partial charge in [-0.3, -0.25) is 4.68 Å². The maximum absolute atomic E-state index is 5.60. The fraction of sp³-hybridized carbons (Fsp3) is 0.308. The number of benzene rings is 1. The minimum atomic E-state index is 0.657. The maximum atomic E-state index is 5.60. The van der Waals surface area contributed by atoms with Crippen LogP contribution in [-0.4, -0.2) is 16.3 Å². The highest BCUT2D eigenvalue weighted by molar-refractivity contribution is 5.63. The van der Waals surface area contributed by atoms with Crippen molar-refractivity contribution in [3.63, 3.8) is 0 Å². The molecule has 2 aromatic rings. The van der Waals surface area contributed by atoms with E-state index >= 15 is 0 Å². The van der Waals surface area contributed by atoms with Crippen LogP contribution in [0.1, 0.15) is 11.1 Å². The maximum Gasteiger partial charge on any atom is 0.0955 e. The molecule has 1 aromatic heterocycles. The first-order valence-corrected chi connectivity index (χ1v) is 5.50. The number of nitrogens with zero attached hydrogens (tertiary/aromatic N) is 2. The summed E-state index contributed by atoms with van der Waals surface area (Å²) in [6.45, 7) is 2.74. The highest BCUT2D eigenvalue weighted by atomic mass is 15.2. The van der Waals surface area contributed by atoms with Gasteiger partial charge in [0.05, 0.1) is 5.69 Å². The molecule has 0 amide bonds. The number of hydrogen-bond donors (Lipinski definition) is 1. The summed E-state index contributed by atoms with van der Waals surface area (Å²) in [5.74, 6) is 0. The Kier molecular flexibility index (Phi) is 3.06. The molecule has 0 radical (unpaired) electrons. The second-order valence-corrected chi connectivity index (χ2v) is 4.08. The molecule has 3 nitrogen and oxygen atoms in total. The van der Waals surface area contributed by atoms with Gasteiger partial charge in [0.2, 0.25) is 0 Å². The van der Waals surface area contributed by atoms with E-state index in [9.17, 15) is 0 Å². The fourth-order valence-corrected chi connectivity index (χ4v) is 1.83. The summed E-state index contributed by atoms with van der Waals surface area (Å²) in [7, 11) is 1.94. The molecule has 0 atom stereocenters. The average Bonchev–Trinajstić information content (AvgIpc) is 2.61. The Morgan fingerprint density at radius 2 is 1.94 bits per heavy atom. The van der Waals surface area contributed by atoms with Gasteiger partial charge < -0.3 is 5.73 Å². The van der Waals surface area contributed by atoms with Crippen LogP contribution >= 0.6 is 0 Å².